The van der Waals surface area contributed by atoms with Crippen molar-refractivity contribution in [3.8, 4) is 0 Å². The van der Waals surface area contributed by atoms with Gasteiger partial charge in [0.2, 0.25) is 0 Å². The molecule has 0 fully saturated rings. The van der Waals surface area contributed by atoms with Gasteiger partial charge in [0.05, 0.1) is 5.69 Å². The van der Waals surface area contributed by atoms with Gasteiger partial charge in [-0.15, -0.1) is 5.11 Å². The number of hydrogen-bond donors (Lipinski definition) is 1. The first-order chi connectivity index (χ1) is 7.25. The third-order valence-electron chi connectivity index (χ3n) is 1.77. The second kappa shape index (κ2) is 3.83. The lowest BCUT2D eigenvalue weighted by molar-refractivity contribution is -0.123. The minimum atomic E-state index is -0.514. The molecule has 1 N–H and O–H groups in total. The Kier molecular flexibility index (Phi) is 2.37. The molecule has 0 bridgehead atoms. The van der Waals surface area contributed by atoms with E-state index in [4.69, 9.17) is 0 Å². The molecule has 1 aliphatic rings. The van der Waals surface area contributed by atoms with E-state index in [1.54, 1.807) is 12.1 Å². The minimum Gasteiger partial charge on any atom is -0.287 e. The Morgan fingerprint density at radius 1 is 1.00 bits per heavy atom. The molecule has 0 aromatic heterocycles. The van der Waals surface area contributed by atoms with E-state index >= 15 is 0 Å². The van der Waals surface area contributed by atoms with Gasteiger partial charge in [0.25, 0.3) is 11.8 Å². The number of imide groups is 1. The predicted molar refractivity (Wildman–Crippen MR) is 52.2 cm³/mol. The number of carbonyl (C=O) groups is 2. The second-order valence-corrected chi connectivity index (χ2v) is 2.88. The van der Waals surface area contributed by atoms with Crippen LogP contribution in [0, 0.1) is 0 Å². The van der Waals surface area contributed by atoms with Gasteiger partial charge in [0, 0.05) is 6.08 Å². The summed E-state index contributed by atoms with van der Waals surface area (Å²) in [6.07, 6.45) is 1.12. The molecule has 1 heterocycles. The quantitative estimate of drug-likeness (QED) is 0.578. The molecule has 5 nitrogen and oxygen atoms in total. The first kappa shape index (κ1) is 9.26. The van der Waals surface area contributed by atoms with Crippen LogP contribution in [0.4, 0.5) is 5.69 Å². The number of nitrogens with one attached hydrogen (secondary N) is 1. The summed E-state index contributed by atoms with van der Waals surface area (Å²) in [7, 11) is 0. The van der Waals surface area contributed by atoms with Crippen molar-refractivity contribution in [3.63, 3.8) is 0 Å². The van der Waals surface area contributed by atoms with Gasteiger partial charge < -0.3 is 0 Å². The van der Waals surface area contributed by atoms with Crippen LogP contribution in [-0.4, -0.2) is 11.8 Å². The van der Waals surface area contributed by atoms with E-state index < -0.39 is 11.8 Å². The molecule has 5 heteroatoms. The van der Waals surface area contributed by atoms with Gasteiger partial charge in [-0.05, 0) is 12.1 Å². The van der Waals surface area contributed by atoms with E-state index in [9.17, 15) is 9.59 Å². The van der Waals surface area contributed by atoms with Crippen molar-refractivity contribution in [1.82, 2.24) is 5.32 Å². The second-order valence-electron chi connectivity index (χ2n) is 2.88. The summed E-state index contributed by atoms with van der Waals surface area (Å²) in [4.78, 5) is 21.8. The summed E-state index contributed by atoms with van der Waals surface area (Å²) >= 11 is 0. The zero-order valence-electron chi connectivity index (χ0n) is 7.68. The van der Waals surface area contributed by atoms with Crippen molar-refractivity contribution in [2.24, 2.45) is 10.2 Å². The van der Waals surface area contributed by atoms with E-state index in [0.29, 0.717) is 5.69 Å². The molecule has 1 aromatic rings. The number of carbonyl (C=O) groups excluding carboxylic acids is 2. The van der Waals surface area contributed by atoms with Crippen LogP contribution in [0.1, 0.15) is 0 Å². The topological polar surface area (TPSA) is 70.9 Å². The van der Waals surface area contributed by atoms with E-state index in [0.717, 1.165) is 6.08 Å². The molecule has 0 spiro atoms. The maximum atomic E-state index is 11.1. The van der Waals surface area contributed by atoms with Crippen molar-refractivity contribution < 1.29 is 9.59 Å². The Bertz CT molecular complexity index is 463. The van der Waals surface area contributed by atoms with Gasteiger partial charge in [-0.2, -0.15) is 5.11 Å². The number of nitrogens with zero attached hydrogens (tertiary/aromatic N) is 2. The highest BCUT2D eigenvalue weighted by molar-refractivity contribution is 6.15. The van der Waals surface area contributed by atoms with Gasteiger partial charge in [-0.3, -0.25) is 14.9 Å². The normalized spacial score (nSPS) is 15.6. The molecule has 74 valence electrons. The molecule has 2 rings (SSSR count). The van der Waals surface area contributed by atoms with E-state index in [-0.39, 0.29) is 5.70 Å². The van der Waals surface area contributed by atoms with Crippen LogP contribution in [0.15, 0.2) is 52.3 Å². The van der Waals surface area contributed by atoms with Crippen molar-refractivity contribution in [3.05, 3.63) is 42.1 Å². The highest BCUT2D eigenvalue weighted by Gasteiger charge is 2.20. The number of rotatable bonds is 2. The molecular weight excluding hydrogens is 194 g/mol. The van der Waals surface area contributed by atoms with Gasteiger partial charge in [0.1, 0.15) is 0 Å². The Morgan fingerprint density at radius 3 is 2.33 bits per heavy atom. The van der Waals surface area contributed by atoms with Crippen LogP contribution in [0.25, 0.3) is 0 Å². The largest absolute Gasteiger partial charge is 0.287 e. The number of hydrogen-bond acceptors (Lipinski definition) is 4. The lowest BCUT2D eigenvalue weighted by atomic mass is 10.3. The third-order valence-corrected chi connectivity index (χ3v) is 1.77. The van der Waals surface area contributed by atoms with Gasteiger partial charge in [-0.25, -0.2) is 0 Å². The average molecular weight is 201 g/mol. The number of azo groups is 1. The molecule has 1 aliphatic heterocycles. The van der Waals surface area contributed by atoms with E-state index in [2.05, 4.69) is 15.5 Å². The third kappa shape index (κ3) is 2.14. The molecule has 0 radical (unpaired) electrons. The fraction of sp³-hybridized carbons (Fsp3) is 0. The standard InChI is InChI=1S/C10H7N3O2/c14-9-6-8(10(15)11-9)13-12-7-4-2-1-3-5-7/h1-6H,(H,11,14,15). The lowest BCUT2D eigenvalue weighted by Crippen LogP contribution is -2.21. The first-order valence-corrected chi connectivity index (χ1v) is 4.29. The van der Waals surface area contributed by atoms with Crippen LogP contribution in [0.3, 0.4) is 0 Å². The summed E-state index contributed by atoms with van der Waals surface area (Å²) in [5.74, 6) is -0.971. The predicted octanol–water partition coefficient (Wildman–Crippen LogP) is 1.31. The SMILES string of the molecule is O=C1C=C(N=Nc2ccccc2)C(=O)N1. The highest BCUT2D eigenvalue weighted by Crippen LogP contribution is 2.13. The highest BCUT2D eigenvalue weighted by atomic mass is 16.2. The molecular formula is C10H7N3O2. The van der Waals surface area contributed by atoms with Crippen LogP contribution < -0.4 is 5.32 Å². The molecule has 1 aromatic carbocycles. The molecule has 0 unspecified atom stereocenters. The average Bonchev–Trinajstić information content (AvgIpc) is 2.56. The summed E-state index contributed by atoms with van der Waals surface area (Å²) in [6.45, 7) is 0. The lowest BCUT2D eigenvalue weighted by Gasteiger charge is -1.90. The molecule has 0 saturated carbocycles. The van der Waals surface area contributed by atoms with Crippen molar-refractivity contribution in [1.29, 1.82) is 0 Å². The van der Waals surface area contributed by atoms with Gasteiger partial charge in [-0.1, -0.05) is 18.2 Å². The summed E-state index contributed by atoms with van der Waals surface area (Å²) < 4.78 is 0. The first-order valence-electron chi connectivity index (χ1n) is 4.29. The Morgan fingerprint density at radius 2 is 1.73 bits per heavy atom. The van der Waals surface area contributed by atoms with Crippen molar-refractivity contribution in [2.45, 2.75) is 0 Å². The summed E-state index contributed by atoms with van der Waals surface area (Å²) in [5, 5.41) is 9.57. The maximum absolute atomic E-state index is 11.1. The summed E-state index contributed by atoms with van der Waals surface area (Å²) in [5.41, 5.74) is 0.661. The summed E-state index contributed by atoms with van der Waals surface area (Å²) in [6, 6.07) is 8.97. The van der Waals surface area contributed by atoms with Crippen molar-refractivity contribution >= 4 is 17.5 Å². The number of amides is 2. The Labute approximate surface area is 85.5 Å². The molecule has 0 atom stereocenters. The molecule has 0 aliphatic carbocycles. The van der Waals surface area contributed by atoms with Crippen LogP contribution >= 0.6 is 0 Å². The van der Waals surface area contributed by atoms with Crippen LogP contribution in [0.5, 0.6) is 0 Å². The number of benzene rings is 1. The van der Waals surface area contributed by atoms with Crippen LogP contribution in [-0.2, 0) is 9.59 Å². The zero-order valence-corrected chi connectivity index (χ0v) is 7.68. The van der Waals surface area contributed by atoms with Gasteiger partial charge in [0.15, 0.2) is 5.70 Å². The fourth-order valence-corrected chi connectivity index (χ4v) is 1.08. The maximum Gasteiger partial charge on any atom is 0.278 e. The Hall–Kier alpha value is -2.30. The molecule has 15 heavy (non-hydrogen) atoms. The minimum absolute atomic E-state index is 0.0313. The molecule has 2 amide bonds. The zero-order chi connectivity index (χ0) is 10.7. The fourth-order valence-electron chi connectivity index (χ4n) is 1.08. The smallest absolute Gasteiger partial charge is 0.278 e. The van der Waals surface area contributed by atoms with Crippen molar-refractivity contribution in [2.75, 3.05) is 0 Å². The van der Waals surface area contributed by atoms with Crippen LogP contribution in [0.2, 0.25) is 0 Å². The Balaban J connectivity index is 2.16. The van der Waals surface area contributed by atoms with Gasteiger partial charge >= 0.3 is 0 Å². The monoisotopic (exact) mass is 201 g/mol. The molecule has 0 saturated heterocycles. The van der Waals surface area contributed by atoms with E-state index in [1.165, 1.54) is 0 Å². The van der Waals surface area contributed by atoms with E-state index in [1.807, 2.05) is 18.2 Å².